The summed E-state index contributed by atoms with van der Waals surface area (Å²) in [6.07, 6.45) is 9.88. The van der Waals surface area contributed by atoms with Crippen LogP contribution in [0.5, 0.6) is 0 Å². The van der Waals surface area contributed by atoms with Gasteiger partial charge >= 0.3 is 0 Å². The summed E-state index contributed by atoms with van der Waals surface area (Å²) in [5, 5.41) is 0. The Bertz CT molecular complexity index is 289. The average Bonchev–Trinajstić information content (AvgIpc) is 2.77. The van der Waals surface area contributed by atoms with Crippen LogP contribution in [0.4, 0.5) is 0 Å². The highest BCUT2D eigenvalue weighted by Gasteiger charge is 2.30. The second-order valence-electron chi connectivity index (χ2n) is 5.63. The third-order valence-electron chi connectivity index (χ3n) is 3.80. The molecular formula is C14H24O2Si. The third kappa shape index (κ3) is 4.00. The quantitative estimate of drug-likeness (QED) is 0.546. The minimum Gasteiger partial charge on any atom is -0.473 e. The third-order valence-corrected chi connectivity index (χ3v) is 7.79. The summed E-state index contributed by atoms with van der Waals surface area (Å²) in [7, 11) is -0.904. The first-order chi connectivity index (χ1) is 8.18. The first-order valence-electron chi connectivity index (χ1n) is 6.81. The van der Waals surface area contributed by atoms with E-state index in [9.17, 15) is 0 Å². The number of allylic oxidation sites excluding steroid dienone is 2. The van der Waals surface area contributed by atoms with Gasteiger partial charge in [-0.15, -0.1) is 0 Å². The molecule has 2 rings (SSSR count). The van der Waals surface area contributed by atoms with Crippen LogP contribution < -0.4 is 0 Å². The van der Waals surface area contributed by atoms with Crippen LogP contribution in [-0.4, -0.2) is 21.0 Å². The van der Waals surface area contributed by atoms with E-state index in [0.29, 0.717) is 5.92 Å². The SMILES string of the molecule is CC(/C=C\[Si]1(C)CCC1)/C=C/OC1CCCO1. The van der Waals surface area contributed by atoms with Gasteiger partial charge in [-0.3, -0.25) is 0 Å². The molecule has 2 aliphatic rings. The zero-order valence-electron chi connectivity index (χ0n) is 11.0. The maximum atomic E-state index is 5.52. The van der Waals surface area contributed by atoms with Gasteiger partial charge < -0.3 is 9.47 Å². The number of hydrogen-bond donors (Lipinski definition) is 0. The van der Waals surface area contributed by atoms with Crippen LogP contribution in [-0.2, 0) is 9.47 Å². The highest BCUT2D eigenvalue weighted by Crippen LogP contribution is 2.33. The van der Waals surface area contributed by atoms with Gasteiger partial charge in [-0.1, -0.05) is 43.8 Å². The van der Waals surface area contributed by atoms with Gasteiger partial charge in [0.2, 0.25) is 0 Å². The molecule has 3 heteroatoms. The molecule has 0 aromatic rings. The van der Waals surface area contributed by atoms with E-state index in [1.807, 2.05) is 6.26 Å². The summed E-state index contributed by atoms with van der Waals surface area (Å²) in [4.78, 5) is 0. The minimum atomic E-state index is -0.904. The van der Waals surface area contributed by atoms with E-state index >= 15 is 0 Å². The van der Waals surface area contributed by atoms with E-state index in [2.05, 4.69) is 31.3 Å². The number of ether oxygens (including phenoxy) is 2. The fraction of sp³-hybridized carbons (Fsp3) is 0.714. The first-order valence-corrected chi connectivity index (χ1v) is 9.80. The summed E-state index contributed by atoms with van der Waals surface area (Å²) in [5.74, 6) is 0.473. The van der Waals surface area contributed by atoms with Crippen LogP contribution >= 0.6 is 0 Å². The Kier molecular flexibility index (Phi) is 4.46. The molecule has 0 amide bonds. The van der Waals surface area contributed by atoms with Crippen molar-refractivity contribution in [2.75, 3.05) is 6.61 Å². The Morgan fingerprint density at radius 3 is 2.71 bits per heavy atom. The largest absolute Gasteiger partial charge is 0.473 e. The molecule has 0 N–H and O–H groups in total. The van der Waals surface area contributed by atoms with Gasteiger partial charge in [0.1, 0.15) is 0 Å². The molecule has 0 aromatic heterocycles. The van der Waals surface area contributed by atoms with Gasteiger partial charge in [0.15, 0.2) is 6.29 Å². The van der Waals surface area contributed by atoms with Gasteiger partial charge in [0.25, 0.3) is 0 Å². The Labute approximate surface area is 106 Å². The van der Waals surface area contributed by atoms with Crippen LogP contribution in [0, 0.1) is 5.92 Å². The van der Waals surface area contributed by atoms with Crippen molar-refractivity contribution in [3.8, 4) is 0 Å². The molecule has 0 saturated carbocycles. The van der Waals surface area contributed by atoms with E-state index < -0.39 is 8.07 Å². The van der Waals surface area contributed by atoms with E-state index in [1.54, 1.807) is 0 Å². The minimum absolute atomic E-state index is 0.000883. The van der Waals surface area contributed by atoms with Crippen molar-refractivity contribution in [2.45, 2.75) is 51.1 Å². The van der Waals surface area contributed by atoms with Crippen LogP contribution in [0.1, 0.15) is 26.2 Å². The molecule has 0 bridgehead atoms. The molecule has 17 heavy (non-hydrogen) atoms. The highest BCUT2D eigenvalue weighted by atomic mass is 28.3. The predicted octanol–water partition coefficient (Wildman–Crippen LogP) is 3.87. The molecule has 2 heterocycles. The molecule has 0 spiro atoms. The maximum absolute atomic E-state index is 5.52. The van der Waals surface area contributed by atoms with Crippen molar-refractivity contribution >= 4 is 8.07 Å². The second kappa shape index (κ2) is 5.87. The molecule has 2 unspecified atom stereocenters. The number of rotatable bonds is 5. The zero-order chi connectivity index (χ0) is 12.1. The van der Waals surface area contributed by atoms with Crippen LogP contribution in [0.25, 0.3) is 0 Å². The van der Waals surface area contributed by atoms with Gasteiger partial charge in [-0.2, -0.15) is 0 Å². The average molecular weight is 252 g/mol. The first kappa shape index (κ1) is 12.9. The van der Waals surface area contributed by atoms with Gasteiger partial charge in [-0.25, -0.2) is 0 Å². The van der Waals surface area contributed by atoms with Crippen molar-refractivity contribution < 1.29 is 9.47 Å². The highest BCUT2D eigenvalue weighted by molar-refractivity contribution is 6.85. The molecule has 0 radical (unpaired) electrons. The molecule has 2 fully saturated rings. The molecule has 0 aliphatic carbocycles. The number of hydrogen-bond acceptors (Lipinski definition) is 2. The van der Waals surface area contributed by atoms with E-state index in [1.165, 1.54) is 18.5 Å². The predicted molar refractivity (Wildman–Crippen MR) is 73.4 cm³/mol. The Morgan fingerprint density at radius 1 is 1.29 bits per heavy atom. The Balaban J connectivity index is 1.68. The van der Waals surface area contributed by atoms with Crippen LogP contribution in [0.2, 0.25) is 18.6 Å². The lowest BCUT2D eigenvalue weighted by Gasteiger charge is -2.33. The zero-order valence-corrected chi connectivity index (χ0v) is 12.0. The molecule has 2 aliphatic heterocycles. The van der Waals surface area contributed by atoms with Gasteiger partial charge in [-0.05, 0) is 18.4 Å². The fourth-order valence-corrected chi connectivity index (χ4v) is 4.83. The second-order valence-corrected chi connectivity index (χ2v) is 10.3. The summed E-state index contributed by atoms with van der Waals surface area (Å²) in [6.45, 7) is 5.53. The molecule has 96 valence electrons. The lowest BCUT2D eigenvalue weighted by molar-refractivity contribution is -0.0685. The van der Waals surface area contributed by atoms with E-state index in [4.69, 9.17) is 9.47 Å². The van der Waals surface area contributed by atoms with Crippen LogP contribution in [0.15, 0.2) is 24.1 Å². The fourth-order valence-electron chi connectivity index (χ4n) is 2.26. The summed E-state index contributed by atoms with van der Waals surface area (Å²) in [6, 6.07) is 2.96. The van der Waals surface area contributed by atoms with Crippen molar-refractivity contribution in [2.24, 2.45) is 5.92 Å². The molecule has 2 atom stereocenters. The lowest BCUT2D eigenvalue weighted by atomic mass is 10.2. The molecule has 2 nitrogen and oxygen atoms in total. The Morgan fingerprint density at radius 2 is 2.12 bits per heavy atom. The smallest absolute Gasteiger partial charge is 0.198 e. The molecule has 2 saturated heterocycles. The monoisotopic (exact) mass is 252 g/mol. The lowest BCUT2D eigenvalue weighted by Crippen LogP contribution is -2.35. The summed E-state index contributed by atoms with van der Waals surface area (Å²) >= 11 is 0. The summed E-state index contributed by atoms with van der Waals surface area (Å²) < 4.78 is 10.9. The molecule has 0 aromatic carbocycles. The van der Waals surface area contributed by atoms with E-state index in [0.717, 1.165) is 19.4 Å². The molecular weight excluding hydrogens is 228 g/mol. The summed E-state index contributed by atoms with van der Waals surface area (Å²) in [5.41, 5.74) is 2.51. The van der Waals surface area contributed by atoms with Gasteiger partial charge in [0.05, 0.1) is 20.9 Å². The van der Waals surface area contributed by atoms with E-state index in [-0.39, 0.29) is 6.29 Å². The van der Waals surface area contributed by atoms with Crippen LogP contribution in [0.3, 0.4) is 0 Å². The van der Waals surface area contributed by atoms with Crippen molar-refractivity contribution in [3.05, 3.63) is 24.1 Å². The van der Waals surface area contributed by atoms with Crippen molar-refractivity contribution in [1.82, 2.24) is 0 Å². The van der Waals surface area contributed by atoms with Crippen molar-refractivity contribution in [1.29, 1.82) is 0 Å². The standard InChI is InChI=1S/C14H24O2Si/c1-13(7-12-17(2)10-4-11-17)6-9-16-14-5-3-8-15-14/h6-7,9,12-14H,3-5,8,10-11H2,1-2H3/b9-6+,12-7-. The topological polar surface area (TPSA) is 18.5 Å². The van der Waals surface area contributed by atoms with Gasteiger partial charge in [0, 0.05) is 6.42 Å². The maximum Gasteiger partial charge on any atom is 0.198 e. The normalized spacial score (nSPS) is 29.6. The van der Waals surface area contributed by atoms with Crippen molar-refractivity contribution in [3.63, 3.8) is 0 Å². The Hall–Kier alpha value is -0.543.